The minimum atomic E-state index is 0.727. The summed E-state index contributed by atoms with van der Waals surface area (Å²) in [5.74, 6) is 1.70. The van der Waals surface area contributed by atoms with E-state index in [0.717, 1.165) is 50.2 Å². The zero-order valence-electron chi connectivity index (χ0n) is 12.6. The van der Waals surface area contributed by atoms with Gasteiger partial charge in [0.05, 0.1) is 6.61 Å². The second kappa shape index (κ2) is 8.17. The molecule has 1 fully saturated rings. The van der Waals surface area contributed by atoms with Gasteiger partial charge in [-0.3, -0.25) is 0 Å². The fourth-order valence-electron chi connectivity index (χ4n) is 2.47. The van der Waals surface area contributed by atoms with E-state index in [0.29, 0.717) is 0 Å². The molecule has 1 atom stereocenters. The molecule has 5 heteroatoms. The second-order valence-electron chi connectivity index (χ2n) is 5.58. The normalized spacial score (nSPS) is 19.9. The molecule has 5 nitrogen and oxygen atoms in total. The van der Waals surface area contributed by atoms with Crippen LogP contribution in [-0.2, 0) is 11.3 Å². The molecule has 1 aliphatic heterocycles. The van der Waals surface area contributed by atoms with Crippen LogP contribution >= 0.6 is 0 Å². The molecule has 1 aromatic heterocycles. The highest BCUT2D eigenvalue weighted by Gasteiger charge is 2.15. The lowest BCUT2D eigenvalue weighted by atomic mass is 10.0. The van der Waals surface area contributed by atoms with E-state index in [4.69, 9.17) is 4.74 Å². The Bertz CT molecular complexity index is 382. The van der Waals surface area contributed by atoms with Gasteiger partial charge in [0.1, 0.15) is 0 Å². The maximum absolute atomic E-state index is 5.00. The summed E-state index contributed by atoms with van der Waals surface area (Å²) in [7, 11) is 1.71. The highest BCUT2D eigenvalue weighted by atomic mass is 16.5. The van der Waals surface area contributed by atoms with Crippen LogP contribution in [0.1, 0.15) is 31.7 Å². The molecule has 2 rings (SSSR count). The first-order chi connectivity index (χ1) is 9.79. The molecule has 1 aliphatic rings. The molecular formula is C15H26N4O. The summed E-state index contributed by atoms with van der Waals surface area (Å²) in [5.41, 5.74) is 1.12. The van der Waals surface area contributed by atoms with Crippen molar-refractivity contribution in [1.82, 2.24) is 15.3 Å². The van der Waals surface area contributed by atoms with Crippen LogP contribution in [0, 0.1) is 5.92 Å². The van der Waals surface area contributed by atoms with Gasteiger partial charge in [0, 0.05) is 51.2 Å². The summed E-state index contributed by atoms with van der Waals surface area (Å²) in [4.78, 5) is 11.3. The number of aromatic nitrogens is 2. The topological polar surface area (TPSA) is 50.3 Å². The van der Waals surface area contributed by atoms with Crippen molar-refractivity contribution in [2.24, 2.45) is 5.92 Å². The van der Waals surface area contributed by atoms with Crippen LogP contribution in [0.5, 0.6) is 0 Å². The maximum Gasteiger partial charge on any atom is 0.225 e. The molecular weight excluding hydrogens is 252 g/mol. The monoisotopic (exact) mass is 278 g/mol. The molecule has 1 unspecified atom stereocenters. The minimum Gasteiger partial charge on any atom is -0.383 e. The molecule has 1 aromatic rings. The third-order valence-electron chi connectivity index (χ3n) is 3.80. The Morgan fingerprint density at radius 3 is 2.85 bits per heavy atom. The van der Waals surface area contributed by atoms with E-state index in [1.165, 1.54) is 19.3 Å². The predicted molar refractivity (Wildman–Crippen MR) is 80.8 cm³/mol. The van der Waals surface area contributed by atoms with Crippen LogP contribution in [0.4, 0.5) is 5.95 Å². The summed E-state index contributed by atoms with van der Waals surface area (Å²) in [6, 6.07) is 0. The van der Waals surface area contributed by atoms with Crippen molar-refractivity contribution in [3.05, 3.63) is 18.0 Å². The summed E-state index contributed by atoms with van der Waals surface area (Å²) in [6.45, 7) is 6.86. The molecule has 0 radical (unpaired) electrons. The molecule has 1 N–H and O–H groups in total. The van der Waals surface area contributed by atoms with Gasteiger partial charge in [-0.25, -0.2) is 9.97 Å². The Morgan fingerprint density at radius 1 is 1.30 bits per heavy atom. The summed E-state index contributed by atoms with van der Waals surface area (Å²) >= 11 is 0. The minimum absolute atomic E-state index is 0.727. The number of ether oxygens (including phenoxy) is 1. The molecule has 2 heterocycles. The van der Waals surface area contributed by atoms with Crippen molar-refractivity contribution in [1.29, 1.82) is 0 Å². The van der Waals surface area contributed by atoms with Gasteiger partial charge in [-0.1, -0.05) is 6.92 Å². The Labute approximate surface area is 121 Å². The van der Waals surface area contributed by atoms with Crippen LogP contribution in [0.25, 0.3) is 0 Å². The fraction of sp³-hybridized carbons (Fsp3) is 0.733. The van der Waals surface area contributed by atoms with E-state index in [-0.39, 0.29) is 0 Å². The number of rotatable bonds is 6. The van der Waals surface area contributed by atoms with Crippen molar-refractivity contribution in [3.8, 4) is 0 Å². The zero-order chi connectivity index (χ0) is 14.2. The van der Waals surface area contributed by atoms with Gasteiger partial charge in [-0.15, -0.1) is 0 Å². The molecule has 0 aliphatic carbocycles. The van der Waals surface area contributed by atoms with Gasteiger partial charge in [0.15, 0.2) is 0 Å². The largest absolute Gasteiger partial charge is 0.383 e. The van der Waals surface area contributed by atoms with Crippen molar-refractivity contribution < 1.29 is 4.74 Å². The molecule has 0 bridgehead atoms. The number of methoxy groups -OCH3 is 1. The average molecular weight is 278 g/mol. The maximum atomic E-state index is 5.00. The SMILES string of the molecule is COCCNCc1cnc(N2CCCC(C)CC2)nc1. The van der Waals surface area contributed by atoms with Gasteiger partial charge in [0.25, 0.3) is 0 Å². The quantitative estimate of drug-likeness (QED) is 0.805. The first kappa shape index (κ1) is 15.2. The molecule has 1 saturated heterocycles. The lowest BCUT2D eigenvalue weighted by molar-refractivity contribution is 0.199. The van der Waals surface area contributed by atoms with Crippen LogP contribution in [0.3, 0.4) is 0 Å². The standard InChI is InChI=1S/C15H26N4O/c1-13-4-3-7-19(8-5-13)15-17-11-14(12-18-15)10-16-6-9-20-2/h11-13,16H,3-10H2,1-2H3. The first-order valence-electron chi connectivity index (χ1n) is 7.55. The smallest absolute Gasteiger partial charge is 0.225 e. The predicted octanol–water partition coefficient (Wildman–Crippen LogP) is 1.84. The van der Waals surface area contributed by atoms with Gasteiger partial charge in [-0.2, -0.15) is 0 Å². The summed E-state index contributed by atoms with van der Waals surface area (Å²) in [5, 5.41) is 3.30. The number of anilines is 1. The van der Waals surface area contributed by atoms with Crippen molar-refractivity contribution in [2.75, 3.05) is 38.3 Å². The van der Waals surface area contributed by atoms with Crippen molar-refractivity contribution in [3.63, 3.8) is 0 Å². The van der Waals surface area contributed by atoms with Crippen LogP contribution in [0.2, 0.25) is 0 Å². The third-order valence-corrected chi connectivity index (χ3v) is 3.80. The Kier molecular flexibility index (Phi) is 6.21. The van der Waals surface area contributed by atoms with E-state index >= 15 is 0 Å². The lowest BCUT2D eigenvalue weighted by Crippen LogP contribution is -2.26. The molecule has 20 heavy (non-hydrogen) atoms. The Hall–Kier alpha value is -1.20. The van der Waals surface area contributed by atoms with Crippen molar-refractivity contribution >= 4 is 5.95 Å². The average Bonchev–Trinajstić information content (AvgIpc) is 2.69. The summed E-state index contributed by atoms with van der Waals surface area (Å²) in [6.07, 6.45) is 7.65. The molecule has 0 spiro atoms. The molecule has 112 valence electrons. The van der Waals surface area contributed by atoms with E-state index in [2.05, 4.69) is 27.1 Å². The Morgan fingerprint density at radius 2 is 2.10 bits per heavy atom. The molecule has 0 saturated carbocycles. The number of hydrogen-bond donors (Lipinski definition) is 1. The van der Waals surface area contributed by atoms with Gasteiger partial charge >= 0.3 is 0 Å². The van der Waals surface area contributed by atoms with E-state index < -0.39 is 0 Å². The number of nitrogens with zero attached hydrogens (tertiary/aromatic N) is 3. The van der Waals surface area contributed by atoms with E-state index in [1.807, 2.05) is 12.4 Å². The first-order valence-corrected chi connectivity index (χ1v) is 7.55. The van der Waals surface area contributed by atoms with Crippen LogP contribution in [0.15, 0.2) is 12.4 Å². The lowest BCUT2D eigenvalue weighted by Gasteiger charge is -2.20. The van der Waals surface area contributed by atoms with E-state index in [1.54, 1.807) is 7.11 Å². The van der Waals surface area contributed by atoms with E-state index in [9.17, 15) is 0 Å². The highest BCUT2D eigenvalue weighted by molar-refractivity contribution is 5.29. The fourth-order valence-corrected chi connectivity index (χ4v) is 2.47. The Balaban J connectivity index is 1.84. The van der Waals surface area contributed by atoms with Gasteiger partial charge in [-0.05, 0) is 25.2 Å². The van der Waals surface area contributed by atoms with Crippen molar-refractivity contribution in [2.45, 2.75) is 32.7 Å². The third kappa shape index (κ3) is 4.72. The highest BCUT2D eigenvalue weighted by Crippen LogP contribution is 2.19. The second-order valence-corrected chi connectivity index (χ2v) is 5.58. The number of nitrogens with one attached hydrogen (secondary N) is 1. The van der Waals surface area contributed by atoms with Gasteiger partial charge < -0.3 is 15.0 Å². The molecule has 0 aromatic carbocycles. The van der Waals surface area contributed by atoms with Gasteiger partial charge in [0.2, 0.25) is 5.95 Å². The van der Waals surface area contributed by atoms with Crippen LogP contribution < -0.4 is 10.2 Å². The van der Waals surface area contributed by atoms with Crippen LogP contribution in [-0.4, -0.2) is 43.3 Å². The molecule has 0 amide bonds. The zero-order valence-corrected chi connectivity index (χ0v) is 12.6. The number of hydrogen-bond acceptors (Lipinski definition) is 5. The summed E-state index contributed by atoms with van der Waals surface area (Å²) < 4.78 is 5.00.